The molecule has 22 heavy (non-hydrogen) atoms. The number of rotatable bonds is 3. The zero-order chi connectivity index (χ0) is 15.9. The first kappa shape index (κ1) is 14.3. The van der Waals surface area contributed by atoms with E-state index >= 15 is 0 Å². The lowest BCUT2D eigenvalue weighted by atomic mass is 9.80. The number of hydrogen-bond acceptors (Lipinski definition) is 5. The van der Waals surface area contributed by atoms with Gasteiger partial charge in [0.2, 0.25) is 11.6 Å². The predicted molar refractivity (Wildman–Crippen MR) is 77.5 cm³/mol. The summed E-state index contributed by atoms with van der Waals surface area (Å²) < 4.78 is 10.4. The van der Waals surface area contributed by atoms with E-state index in [0.717, 1.165) is 0 Å². The second kappa shape index (κ2) is 5.26. The van der Waals surface area contributed by atoms with Gasteiger partial charge in [0, 0.05) is 11.1 Å². The van der Waals surface area contributed by atoms with Gasteiger partial charge in [-0.1, -0.05) is 0 Å². The van der Waals surface area contributed by atoms with Crippen LogP contribution in [0.25, 0.3) is 0 Å². The van der Waals surface area contributed by atoms with Crippen LogP contribution in [0.5, 0.6) is 5.75 Å². The smallest absolute Gasteiger partial charge is 0.224 e. The van der Waals surface area contributed by atoms with Crippen LogP contribution in [0, 0.1) is 5.92 Å². The van der Waals surface area contributed by atoms with Gasteiger partial charge in [-0.05, 0) is 42.8 Å². The number of Topliss-reactive ketones (excluding diaryl/α,β-unsaturated/α-hetero) is 3. The Morgan fingerprint density at radius 1 is 1.18 bits per heavy atom. The fourth-order valence-electron chi connectivity index (χ4n) is 2.67. The second-order valence-corrected chi connectivity index (χ2v) is 5.25. The third-order valence-electron chi connectivity index (χ3n) is 3.91. The molecule has 1 aromatic rings. The highest BCUT2D eigenvalue weighted by Gasteiger charge is 2.45. The number of carbonyl (C=O) groups excluding carboxylic acids is 3. The maximum Gasteiger partial charge on any atom is 0.224 e. The first-order valence-corrected chi connectivity index (χ1v) is 6.84. The zero-order valence-electron chi connectivity index (χ0n) is 12.2. The molecule has 1 aliphatic heterocycles. The summed E-state index contributed by atoms with van der Waals surface area (Å²) in [5.41, 5.74) is 0.998. The van der Waals surface area contributed by atoms with Crippen LogP contribution in [0.2, 0.25) is 0 Å². The van der Waals surface area contributed by atoms with Crippen LogP contribution in [0.15, 0.2) is 47.7 Å². The van der Waals surface area contributed by atoms with E-state index in [1.54, 1.807) is 37.3 Å². The molecule has 2 aliphatic rings. The van der Waals surface area contributed by atoms with Gasteiger partial charge in [0.15, 0.2) is 5.78 Å². The number of ether oxygens (including phenoxy) is 2. The molecule has 112 valence electrons. The highest BCUT2D eigenvalue weighted by atomic mass is 16.5. The predicted octanol–water partition coefficient (Wildman–Crippen LogP) is 1.87. The fourth-order valence-corrected chi connectivity index (χ4v) is 2.67. The highest BCUT2D eigenvalue weighted by molar-refractivity contribution is 6.46. The Labute approximate surface area is 127 Å². The summed E-state index contributed by atoms with van der Waals surface area (Å²) in [7, 11) is 1.54. The van der Waals surface area contributed by atoms with Crippen molar-refractivity contribution in [2.24, 2.45) is 5.92 Å². The molecule has 0 spiro atoms. The van der Waals surface area contributed by atoms with Crippen molar-refractivity contribution in [1.82, 2.24) is 0 Å². The van der Waals surface area contributed by atoms with E-state index in [0.29, 0.717) is 16.9 Å². The van der Waals surface area contributed by atoms with Crippen molar-refractivity contribution in [2.45, 2.75) is 13.0 Å². The van der Waals surface area contributed by atoms with Gasteiger partial charge >= 0.3 is 0 Å². The van der Waals surface area contributed by atoms with E-state index in [9.17, 15) is 14.4 Å². The Balaban J connectivity index is 1.91. The Kier molecular flexibility index (Phi) is 3.41. The summed E-state index contributed by atoms with van der Waals surface area (Å²) >= 11 is 0. The molecule has 5 nitrogen and oxygen atoms in total. The third-order valence-corrected chi connectivity index (χ3v) is 3.91. The number of methoxy groups -OCH3 is 1. The molecule has 0 fully saturated rings. The first-order chi connectivity index (χ1) is 10.5. The van der Waals surface area contributed by atoms with E-state index in [4.69, 9.17) is 9.47 Å². The van der Waals surface area contributed by atoms with Gasteiger partial charge in [0.25, 0.3) is 0 Å². The van der Waals surface area contributed by atoms with Crippen LogP contribution in [-0.4, -0.2) is 30.6 Å². The average Bonchev–Trinajstić information content (AvgIpc) is 2.96. The molecule has 0 saturated carbocycles. The van der Waals surface area contributed by atoms with Gasteiger partial charge in [0.1, 0.15) is 11.9 Å². The molecule has 1 aliphatic carbocycles. The average molecular weight is 298 g/mol. The molecule has 2 unspecified atom stereocenters. The van der Waals surface area contributed by atoms with E-state index in [2.05, 4.69) is 0 Å². The van der Waals surface area contributed by atoms with Crippen molar-refractivity contribution in [2.75, 3.05) is 7.11 Å². The quantitative estimate of drug-likeness (QED) is 0.629. The summed E-state index contributed by atoms with van der Waals surface area (Å²) in [4.78, 5) is 36.6. The molecule has 0 aromatic heterocycles. The Morgan fingerprint density at radius 2 is 1.86 bits per heavy atom. The molecule has 3 rings (SSSR count). The molecule has 0 bridgehead atoms. The van der Waals surface area contributed by atoms with Crippen LogP contribution in [0.1, 0.15) is 17.3 Å². The Bertz CT molecular complexity index is 724. The van der Waals surface area contributed by atoms with Crippen molar-refractivity contribution in [3.05, 3.63) is 53.3 Å². The lowest BCUT2D eigenvalue weighted by Crippen LogP contribution is -2.37. The van der Waals surface area contributed by atoms with Crippen LogP contribution in [0.3, 0.4) is 0 Å². The Hall–Kier alpha value is -2.69. The molecule has 0 N–H and O–H groups in total. The zero-order valence-corrected chi connectivity index (χ0v) is 12.2. The molecule has 1 heterocycles. The lowest BCUT2D eigenvalue weighted by Gasteiger charge is -2.21. The number of ketones is 3. The number of allylic oxidation sites excluding steroid dienone is 1. The minimum Gasteiger partial charge on any atom is -0.497 e. The number of carbonyl (C=O) groups is 3. The van der Waals surface area contributed by atoms with Gasteiger partial charge in [-0.15, -0.1) is 0 Å². The highest BCUT2D eigenvalue weighted by Crippen LogP contribution is 2.34. The van der Waals surface area contributed by atoms with E-state index in [-0.39, 0.29) is 11.4 Å². The lowest BCUT2D eigenvalue weighted by molar-refractivity contribution is -0.137. The van der Waals surface area contributed by atoms with Crippen LogP contribution >= 0.6 is 0 Å². The molecule has 0 radical (unpaired) electrons. The summed E-state index contributed by atoms with van der Waals surface area (Å²) in [6.45, 7) is 1.57. The van der Waals surface area contributed by atoms with Crippen molar-refractivity contribution >= 4 is 17.3 Å². The molecule has 1 aromatic carbocycles. The summed E-state index contributed by atoms with van der Waals surface area (Å²) in [6, 6.07) is 6.56. The number of hydrogen-bond donors (Lipinski definition) is 0. The van der Waals surface area contributed by atoms with Gasteiger partial charge in [0.05, 0.1) is 19.3 Å². The summed E-state index contributed by atoms with van der Waals surface area (Å²) in [6.07, 6.45) is 2.32. The molecule has 0 amide bonds. The number of benzene rings is 1. The molecule has 5 heteroatoms. The minimum atomic E-state index is -0.842. The van der Waals surface area contributed by atoms with Crippen molar-refractivity contribution < 1.29 is 23.9 Å². The SMILES string of the molecule is COc1ccc(C(=O)C2=COC3C=C(C)C(=O)C(=O)C23)cc1. The standard InChI is InChI=1S/C17H14O5/c1-9-7-13-14(17(20)15(9)18)12(8-22-13)16(19)10-3-5-11(21-2)6-4-10/h3-8,13-14H,1-2H3. The molecule has 0 saturated heterocycles. The second-order valence-electron chi connectivity index (χ2n) is 5.25. The van der Waals surface area contributed by atoms with E-state index in [1.165, 1.54) is 13.4 Å². The van der Waals surface area contributed by atoms with Crippen LogP contribution in [-0.2, 0) is 14.3 Å². The largest absolute Gasteiger partial charge is 0.497 e. The molecule has 2 atom stereocenters. The van der Waals surface area contributed by atoms with Crippen molar-refractivity contribution in [3.8, 4) is 5.75 Å². The monoisotopic (exact) mass is 298 g/mol. The van der Waals surface area contributed by atoms with E-state index < -0.39 is 23.6 Å². The van der Waals surface area contributed by atoms with Gasteiger partial charge in [-0.25, -0.2) is 0 Å². The van der Waals surface area contributed by atoms with Crippen LogP contribution < -0.4 is 4.74 Å². The topological polar surface area (TPSA) is 69.7 Å². The Morgan fingerprint density at radius 3 is 2.50 bits per heavy atom. The van der Waals surface area contributed by atoms with Crippen LogP contribution in [0.4, 0.5) is 0 Å². The maximum absolute atomic E-state index is 12.6. The molecular formula is C17H14O5. The van der Waals surface area contributed by atoms with Gasteiger partial charge in [-0.2, -0.15) is 0 Å². The number of fused-ring (bicyclic) bond motifs is 1. The minimum absolute atomic E-state index is 0.220. The first-order valence-electron chi connectivity index (χ1n) is 6.84. The van der Waals surface area contributed by atoms with Crippen molar-refractivity contribution in [1.29, 1.82) is 0 Å². The third kappa shape index (κ3) is 2.15. The summed E-state index contributed by atoms with van der Waals surface area (Å²) in [5.74, 6) is -1.67. The molecular weight excluding hydrogens is 284 g/mol. The fraction of sp³-hybridized carbons (Fsp3) is 0.235. The maximum atomic E-state index is 12.6. The van der Waals surface area contributed by atoms with Crippen molar-refractivity contribution in [3.63, 3.8) is 0 Å². The normalized spacial score (nSPS) is 23.4. The van der Waals surface area contributed by atoms with Gasteiger partial charge in [-0.3, -0.25) is 14.4 Å². The van der Waals surface area contributed by atoms with E-state index in [1.807, 2.05) is 0 Å². The summed E-state index contributed by atoms with van der Waals surface area (Å²) in [5, 5.41) is 0. The van der Waals surface area contributed by atoms with Gasteiger partial charge < -0.3 is 9.47 Å².